The third kappa shape index (κ3) is 3.07. The third-order valence-electron chi connectivity index (χ3n) is 3.29. The number of aromatic nitrogens is 2. The van der Waals surface area contributed by atoms with Gasteiger partial charge in [0.05, 0.1) is 0 Å². The lowest BCUT2D eigenvalue weighted by molar-refractivity contribution is 0.327. The van der Waals surface area contributed by atoms with Crippen LogP contribution < -0.4 is 4.90 Å². The first-order chi connectivity index (χ1) is 8.20. The Morgan fingerprint density at radius 3 is 2.82 bits per heavy atom. The monoisotopic (exact) mass is 254 g/mol. The van der Waals surface area contributed by atoms with E-state index >= 15 is 0 Å². The lowest BCUT2D eigenvalue weighted by atomic mass is 10.2. The van der Waals surface area contributed by atoms with E-state index in [1.54, 1.807) is 0 Å². The van der Waals surface area contributed by atoms with Crippen LogP contribution in [0.4, 0.5) is 5.82 Å². The fourth-order valence-electron chi connectivity index (χ4n) is 2.36. The molecule has 0 aromatic carbocycles. The van der Waals surface area contributed by atoms with Gasteiger partial charge in [0.15, 0.2) is 11.0 Å². The van der Waals surface area contributed by atoms with Crippen molar-refractivity contribution in [2.45, 2.75) is 25.8 Å². The zero-order valence-electron chi connectivity index (χ0n) is 10.4. The van der Waals surface area contributed by atoms with E-state index in [-0.39, 0.29) is 0 Å². The standard InChI is InChI=1S/C12H19ClN4/c1-3-10-9-16(2)7-4-8-17(10)12-6-5-11(13)14-15-12/h5-6,10H,3-4,7-9H2,1-2H3. The van der Waals surface area contributed by atoms with Crippen LogP contribution in [-0.4, -0.2) is 47.8 Å². The molecule has 17 heavy (non-hydrogen) atoms. The maximum absolute atomic E-state index is 5.78. The number of anilines is 1. The van der Waals surface area contributed by atoms with Crippen LogP contribution in [0.2, 0.25) is 5.15 Å². The van der Waals surface area contributed by atoms with Crippen molar-refractivity contribution >= 4 is 17.4 Å². The number of hydrogen-bond acceptors (Lipinski definition) is 4. The van der Waals surface area contributed by atoms with Gasteiger partial charge in [0, 0.05) is 19.1 Å². The molecule has 1 fully saturated rings. The molecule has 1 aliphatic rings. The van der Waals surface area contributed by atoms with Gasteiger partial charge < -0.3 is 9.80 Å². The Hall–Kier alpha value is -0.870. The molecule has 0 N–H and O–H groups in total. The van der Waals surface area contributed by atoms with Crippen molar-refractivity contribution in [2.75, 3.05) is 31.6 Å². The van der Waals surface area contributed by atoms with Gasteiger partial charge in [-0.25, -0.2) is 0 Å². The highest BCUT2D eigenvalue weighted by Gasteiger charge is 2.23. The molecule has 0 saturated carbocycles. The van der Waals surface area contributed by atoms with Crippen LogP contribution >= 0.6 is 11.6 Å². The van der Waals surface area contributed by atoms with Crippen molar-refractivity contribution in [3.63, 3.8) is 0 Å². The molecule has 1 aromatic heterocycles. The molecule has 2 heterocycles. The molecule has 0 aliphatic carbocycles. The van der Waals surface area contributed by atoms with E-state index in [0.717, 1.165) is 38.3 Å². The van der Waals surface area contributed by atoms with Crippen LogP contribution in [0.3, 0.4) is 0 Å². The Morgan fingerprint density at radius 1 is 1.35 bits per heavy atom. The van der Waals surface area contributed by atoms with Gasteiger partial charge in [-0.3, -0.25) is 0 Å². The minimum atomic E-state index is 0.453. The summed E-state index contributed by atoms with van der Waals surface area (Å²) in [5.74, 6) is 0.941. The molecule has 1 saturated heterocycles. The molecule has 94 valence electrons. The van der Waals surface area contributed by atoms with E-state index in [4.69, 9.17) is 11.6 Å². The van der Waals surface area contributed by atoms with E-state index < -0.39 is 0 Å². The highest BCUT2D eigenvalue weighted by atomic mass is 35.5. The normalized spacial score (nSPS) is 22.5. The number of hydrogen-bond donors (Lipinski definition) is 0. The van der Waals surface area contributed by atoms with Gasteiger partial charge in [0.25, 0.3) is 0 Å². The van der Waals surface area contributed by atoms with Crippen LogP contribution in [0.5, 0.6) is 0 Å². The first-order valence-electron chi connectivity index (χ1n) is 6.15. The number of halogens is 1. The van der Waals surface area contributed by atoms with Gasteiger partial charge >= 0.3 is 0 Å². The Balaban J connectivity index is 2.19. The Bertz CT molecular complexity index is 354. The molecule has 1 unspecified atom stereocenters. The van der Waals surface area contributed by atoms with Crippen molar-refractivity contribution in [2.24, 2.45) is 0 Å². The van der Waals surface area contributed by atoms with E-state index in [1.165, 1.54) is 0 Å². The maximum atomic E-state index is 5.78. The lowest BCUT2D eigenvalue weighted by Gasteiger charge is -2.30. The molecule has 0 bridgehead atoms. The van der Waals surface area contributed by atoms with Crippen LogP contribution in [0, 0.1) is 0 Å². The molecule has 2 rings (SSSR count). The van der Waals surface area contributed by atoms with Crippen molar-refractivity contribution in [3.8, 4) is 0 Å². The summed E-state index contributed by atoms with van der Waals surface area (Å²) in [6.45, 7) is 5.49. The second-order valence-electron chi connectivity index (χ2n) is 4.59. The Labute approximate surface area is 108 Å². The number of rotatable bonds is 2. The largest absolute Gasteiger partial charge is 0.351 e. The topological polar surface area (TPSA) is 32.3 Å². The van der Waals surface area contributed by atoms with Crippen molar-refractivity contribution in [1.82, 2.24) is 15.1 Å². The third-order valence-corrected chi connectivity index (χ3v) is 3.49. The summed E-state index contributed by atoms with van der Waals surface area (Å²) in [5, 5.41) is 8.58. The smallest absolute Gasteiger partial charge is 0.151 e. The highest BCUT2D eigenvalue weighted by Crippen LogP contribution is 2.19. The van der Waals surface area contributed by atoms with Gasteiger partial charge in [-0.2, -0.15) is 0 Å². The van der Waals surface area contributed by atoms with Crippen LogP contribution in [0.25, 0.3) is 0 Å². The summed E-state index contributed by atoms with van der Waals surface area (Å²) in [7, 11) is 2.18. The molecule has 4 nitrogen and oxygen atoms in total. The first-order valence-corrected chi connectivity index (χ1v) is 6.53. The molecule has 1 aromatic rings. The maximum Gasteiger partial charge on any atom is 0.151 e. The summed E-state index contributed by atoms with van der Waals surface area (Å²) in [4.78, 5) is 4.74. The van der Waals surface area contributed by atoms with Gasteiger partial charge in [-0.15, -0.1) is 10.2 Å². The number of nitrogens with zero attached hydrogens (tertiary/aromatic N) is 4. The van der Waals surface area contributed by atoms with Crippen molar-refractivity contribution in [1.29, 1.82) is 0 Å². The molecule has 1 atom stereocenters. The fourth-order valence-corrected chi connectivity index (χ4v) is 2.46. The fraction of sp³-hybridized carbons (Fsp3) is 0.667. The molecule has 0 amide bonds. The first kappa shape index (κ1) is 12.6. The Morgan fingerprint density at radius 2 is 2.18 bits per heavy atom. The molecular weight excluding hydrogens is 236 g/mol. The molecule has 0 spiro atoms. The predicted octanol–water partition coefficient (Wildman–Crippen LogP) is 2.05. The Kier molecular flexibility index (Phi) is 4.18. The lowest BCUT2D eigenvalue weighted by Crippen LogP contribution is -2.40. The summed E-state index contributed by atoms with van der Waals surface area (Å²) < 4.78 is 0. The average Bonchev–Trinajstić information content (AvgIpc) is 2.52. The van der Waals surface area contributed by atoms with Gasteiger partial charge in [-0.05, 0) is 38.6 Å². The summed E-state index contributed by atoms with van der Waals surface area (Å²) >= 11 is 5.78. The van der Waals surface area contributed by atoms with Crippen LogP contribution in [-0.2, 0) is 0 Å². The summed E-state index contributed by atoms with van der Waals surface area (Å²) in [5.41, 5.74) is 0. The predicted molar refractivity (Wildman–Crippen MR) is 70.6 cm³/mol. The van der Waals surface area contributed by atoms with Crippen molar-refractivity contribution < 1.29 is 0 Å². The van der Waals surface area contributed by atoms with E-state index in [2.05, 4.69) is 34.0 Å². The zero-order chi connectivity index (χ0) is 12.3. The number of likely N-dealkylation sites (N-methyl/N-ethyl adjacent to an activating group) is 1. The highest BCUT2D eigenvalue weighted by molar-refractivity contribution is 6.29. The molecule has 5 heteroatoms. The SMILES string of the molecule is CCC1CN(C)CCCN1c1ccc(Cl)nn1. The molecule has 0 radical (unpaired) electrons. The zero-order valence-corrected chi connectivity index (χ0v) is 11.2. The van der Waals surface area contributed by atoms with E-state index in [1.807, 2.05) is 12.1 Å². The van der Waals surface area contributed by atoms with Gasteiger partial charge in [0.2, 0.25) is 0 Å². The van der Waals surface area contributed by atoms with E-state index in [9.17, 15) is 0 Å². The summed E-state index contributed by atoms with van der Waals surface area (Å²) in [6.07, 6.45) is 2.28. The van der Waals surface area contributed by atoms with Crippen LogP contribution in [0.15, 0.2) is 12.1 Å². The average molecular weight is 255 g/mol. The second kappa shape index (κ2) is 5.65. The quantitative estimate of drug-likeness (QED) is 0.809. The second-order valence-corrected chi connectivity index (χ2v) is 4.97. The molecule has 1 aliphatic heterocycles. The van der Waals surface area contributed by atoms with Crippen molar-refractivity contribution in [3.05, 3.63) is 17.3 Å². The minimum Gasteiger partial charge on any atom is -0.351 e. The van der Waals surface area contributed by atoms with E-state index in [0.29, 0.717) is 11.2 Å². The summed E-state index contributed by atoms with van der Waals surface area (Å²) in [6, 6.07) is 4.28. The van der Waals surface area contributed by atoms with Crippen LogP contribution in [0.1, 0.15) is 19.8 Å². The van der Waals surface area contributed by atoms with Gasteiger partial charge in [0.1, 0.15) is 0 Å². The molecular formula is C12H19ClN4. The minimum absolute atomic E-state index is 0.453. The van der Waals surface area contributed by atoms with Gasteiger partial charge in [-0.1, -0.05) is 18.5 Å².